The summed E-state index contributed by atoms with van der Waals surface area (Å²) in [5.74, 6) is -1.07. The monoisotopic (exact) mass is 340 g/mol. The lowest BCUT2D eigenvalue weighted by atomic mass is 10.2. The summed E-state index contributed by atoms with van der Waals surface area (Å²) in [5, 5.41) is 25.6. The van der Waals surface area contributed by atoms with Crippen molar-refractivity contribution in [3.8, 4) is 0 Å². The highest BCUT2D eigenvalue weighted by molar-refractivity contribution is 6.35. The number of rotatable bonds is 8. The average Bonchev–Trinajstić information content (AvgIpc) is 2.46. The van der Waals surface area contributed by atoms with Crippen LogP contribution in [0.15, 0.2) is 18.2 Å². The number of carboxylic acids is 1. The third-order valence-corrected chi connectivity index (χ3v) is 2.57. The van der Waals surface area contributed by atoms with Crippen LogP contribution in [0.5, 0.6) is 0 Å². The van der Waals surface area contributed by atoms with Crippen molar-refractivity contribution in [1.29, 1.82) is 0 Å². The number of carbonyl (C=O) groups is 1. The zero-order valence-corrected chi connectivity index (χ0v) is 12.8. The molecule has 1 aromatic carbocycles. The van der Waals surface area contributed by atoms with Crippen molar-refractivity contribution in [1.82, 2.24) is 0 Å². The molecule has 0 radical (unpaired) electrons. The number of halogens is 2. The molecule has 0 heterocycles. The third kappa shape index (κ3) is 10.5. The summed E-state index contributed by atoms with van der Waals surface area (Å²) < 4.78 is 9.75. The molecule has 1 rings (SSSR count). The summed E-state index contributed by atoms with van der Waals surface area (Å²) in [7, 11) is 0. The van der Waals surface area contributed by atoms with Crippen LogP contribution in [0.25, 0.3) is 0 Å². The Hall–Kier alpha value is -0.890. The molecule has 0 saturated carbocycles. The van der Waals surface area contributed by atoms with Gasteiger partial charge >= 0.3 is 5.97 Å². The number of aliphatic hydroxyl groups is 2. The molecule has 0 aromatic heterocycles. The Morgan fingerprint density at radius 3 is 1.90 bits per heavy atom. The highest BCUT2D eigenvalue weighted by Gasteiger charge is 2.07. The van der Waals surface area contributed by atoms with Crippen LogP contribution in [0.4, 0.5) is 0 Å². The first-order valence-electron chi connectivity index (χ1n) is 6.08. The van der Waals surface area contributed by atoms with Crippen molar-refractivity contribution in [2.24, 2.45) is 0 Å². The van der Waals surface area contributed by atoms with Crippen LogP contribution in [0, 0.1) is 0 Å². The fourth-order valence-corrected chi connectivity index (χ4v) is 1.48. The first-order chi connectivity index (χ1) is 10.0. The van der Waals surface area contributed by atoms with Gasteiger partial charge in [0.25, 0.3) is 0 Å². The summed E-state index contributed by atoms with van der Waals surface area (Å²) in [6.07, 6.45) is 0. The van der Waals surface area contributed by atoms with E-state index in [1.54, 1.807) is 0 Å². The molecule has 0 amide bonds. The topological polar surface area (TPSA) is 96.2 Å². The summed E-state index contributed by atoms with van der Waals surface area (Å²) in [4.78, 5) is 10.4. The Kier molecular flexibility index (Phi) is 12.3. The van der Waals surface area contributed by atoms with Crippen LogP contribution < -0.4 is 0 Å². The predicted octanol–water partition coefficient (Wildman–Crippen LogP) is 1.70. The fourth-order valence-electron chi connectivity index (χ4n) is 1.11. The van der Waals surface area contributed by atoms with Crippen LogP contribution in [-0.2, 0) is 9.47 Å². The summed E-state index contributed by atoms with van der Waals surface area (Å²) in [6, 6.07) is 4.30. The molecule has 0 aliphatic carbocycles. The van der Waals surface area contributed by atoms with Crippen LogP contribution in [0.2, 0.25) is 10.0 Å². The molecule has 0 saturated heterocycles. The molecule has 0 aliphatic heterocycles. The van der Waals surface area contributed by atoms with Crippen molar-refractivity contribution in [2.45, 2.75) is 0 Å². The van der Waals surface area contributed by atoms with Crippen LogP contribution in [-0.4, -0.2) is 60.9 Å². The van der Waals surface area contributed by atoms with E-state index >= 15 is 0 Å². The zero-order valence-electron chi connectivity index (χ0n) is 11.3. The Morgan fingerprint density at radius 2 is 1.52 bits per heavy atom. The molecule has 1 aromatic rings. The van der Waals surface area contributed by atoms with E-state index in [2.05, 4.69) is 0 Å². The zero-order chi connectivity index (χ0) is 16.1. The molecular weight excluding hydrogens is 323 g/mol. The maximum Gasteiger partial charge on any atom is 0.337 e. The number of carboxylic acid groups (broad SMARTS) is 1. The molecule has 21 heavy (non-hydrogen) atoms. The minimum Gasteiger partial charge on any atom is -0.478 e. The molecule has 0 unspecified atom stereocenters. The van der Waals surface area contributed by atoms with Gasteiger partial charge in [-0.25, -0.2) is 4.79 Å². The second-order valence-corrected chi connectivity index (χ2v) is 4.44. The molecule has 6 nitrogen and oxygen atoms in total. The largest absolute Gasteiger partial charge is 0.478 e. The molecule has 0 aliphatic rings. The highest BCUT2D eigenvalue weighted by atomic mass is 35.5. The molecule has 0 fully saturated rings. The van der Waals surface area contributed by atoms with Gasteiger partial charge in [-0.3, -0.25) is 0 Å². The Labute approximate surface area is 132 Å². The van der Waals surface area contributed by atoms with Crippen LogP contribution in [0.3, 0.4) is 0 Å². The Morgan fingerprint density at radius 1 is 1.00 bits per heavy atom. The van der Waals surface area contributed by atoms with Gasteiger partial charge in [0.2, 0.25) is 0 Å². The first-order valence-corrected chi connectivity index (χ1v) is 6.84. The standard InChI is InChI=1S/C7H4Cl2O2.C6H14O4/c8-4-1-2-6(9)5(3-4)7(10)11;7-1-3-9-5-6-10-4-2-8/h1-3H,(H,10,11);7-8H,1-6H2. The van der Waals surface area contributed by atoms with E-state index in [1.165, 1.54) is 18.2 Å². The number of ether oxygens (including phenoxy) is 2. The number of hydrogen-bond acceptors (Lipinski definition) is 5. The van der Waals surface area contributed by atoms with E-state index in [4.69, 9.17) is 48.0 Å². The predicted molar refractivity (Wildman–Crippen MR) is 79.2 cm³/mol. The Balaban J connectivity index is 0.000000384. The second kappa shape index (κ2) is 12.8. The average molecular weight is 341 g/mol. The number of benzene rings is 1. The van der Waals surface area contributed by atoms with Crippen molar-refractivity contribution < 1.29 is 29.6 Å². The number of aliphatic hydroxyl groups excluding tert-OH is 2. The smallest absolute Gasteiger partial charge is 0.337 e. The van der Waals surface area contributed by atoms with E-state index in [-0.39, 0.29) is 23.8 Å². The number of hydrogen-bond donors (Lipinski definition) is 3. The summed E-state index contributed by atoms with van der Waals surface area (Å²) >= 11 is 11.1. The first kappa shape index (κ1) is 20.1. The van der Waals surface area contributed by atoms with E-state index in [0.717, 1.165) is 0 Å². The van der Waals surface area contributed by atoms with Crippen molar-refractivity contribution in [2.75, 3.05) is 39.6 Å². The van der Waals surface area contributed by atoms with Gasteiger partial charge in [0.15, 0.2) is 0 Å². The molecule has 3 N–H and O–H groups in total. The molecule has 0 atom stereocenters. The van der Waals surface area contributed by atoms with Gasteiger partial charge < -0.3 is 24.8 Å². The molecule has 0 spiro atoms. The van der Waals surface area contributed by atoms with Gasteiger partial charge in [-0.15, -0.1) is 0 Å². The lowest BCUT2D eigenvalue weighted by Crippen LogP contribution is -2.09. The lowest BCUT2D eigenvalue weighted by Gasteiger charge is -2.01. The minimum absolute atomic E-state index is 0.0270. The van der Waals surface area contributed by atoms with Gasteiger partial charge in [-0.2, -0.15) is 0 Å². The normalized spacial score (nSPS) is 9.90. The minimum atomic E-state index is -1.07. The van der Waals surface area contributed by atoms with Gasteiger partial charge in [-0.05, 0) is 18.2 Å². The molecule has 120 valence electrons. The summed E-state index contributed by atoms with van der Waals surface area (Å²) in [5.41, 5.74) is 0.0270. The van der Waals surface area contributed by atoms with Gasteiger partial charge in [0, 0.05) is 5.02 Å². The Bertz CT molecular complexity index is 406. The van der Waals surface area contributed by atoms with E-state index in [0.29, 0.717) is 31.5 Å². The van der Waals surface area contributed by atoms with E-state index < -0.39 is 5.97 Å². The van der Waals surface area contributed by atoms with Gasteiger partial charge in [0.05, 0.1) is 50.2 Å². The highest BCUT2D eigenvalue weighted by Crippen LogP contribution is 2.20. The SMILES string of the molecule is O=C(O)c1cc(Cl)ccc1Cl.OCCOCCOCCO. The molecule has 8 heteroatoms. The molecular formula is C13H18Cl2O6. The maximum atomic E-state index is 10.4. The van der Waals surface area contributed by atoms with Crippen LogP contribution >= 0.6 is 23.2 Å². The molecule has 0 bridgehead atoms. The summed E-state index contributed by atoms with van der Waals surface area (Å²) in [6.45, 7) is 1.73. The van der Waals surface area contributed by atoms with E-state index in [9.17, 15) is 4.79 Å². The fraction of sp³-hybridized carbons (Fsp3) is 0.462. The number of aromatic carboxylic acids is 1. The van der Waals surface area contributed by atoms with E-state index in [1.807, 2.05) is 0 Å². The van der Waals surface area contributed by atoms with Crippen molar-refractivity contribution in [3.05, 3.63) is 33.8 Å². The van der Waals surface area contributed by atoms with Crippen molar-refractivity contribution in [3.63, 3.8) is 0 Å². The quantitative estimate of drug-likeness (QED) is 0.623. The van der Waals surface area contributed by atoms with Crippen molar-refractivity contribution >= 4 is 29.2 Å². The van der Waals surface area contributed by atoms with Gasteiger partial charge in [0.1, 0.15) is 0 Å². The maximum absolute atomic E-state index is 10.4. The third-order valence-electron chi connectivity index (χ3n) is 2.00. The van der Waals surface area contributed by atoms with Crippen LogP contribution in [0.1, 0.15) is 10.4 Å². The van der Waals surface area contributed by atoms with Gasteiger partial charge in [-0.1, -0.05) is 23.2 Å². The lowest BCUT2D eigenvalue weighted by molar-refractivity contribution is 0.0222. The second-order valence-electron chi connectivity index (χ2n) is 3.60.